The van der Waals surface area contributed by atoms with E-state index in [-0.39, 0.29) is 0 Å². The molecule has 21 heavy (non-hydrogen) atoms. The monoisotopic (exact) mass is 272 g/mol. The summed E-state index contributed by atoms with van der Waals surface area (Å²) >= 11 is 0. The van der Waals surface area contributed by atoms with Gasteiger partial charge in [0.15, 0.2) is 6.19 Å². The van der Waals surface area contributed by atoms with Gasteiger partial charge in [0.05, 0.1) is 11.2 Å². The Morgan fingerprint density at radius 2 is 1.86 bits per heavy atom. The number of para-hydroxylation sites is 1. The first-order chi connectivity index (χ1) is 10.3. The van der Waals surface area contributed by atoms with E-state index in [1.54, 1.807) is 4.57 Å². The molecule has 1 heterocycles. The van der Waals surface area contributed by atoms with E-state index in [1.165, 1.54) is 5.56 Å². The van der Waals surface area contributed by atoms with Crippen LogP contribution in [0.15, 0.2) is 61.2 Å². The summed E-state index contributed by atoms with van der Waals surface area (Å²) in [6.07, 6.45) is 4.95. The van der Waals surface area contributed by atoms with Crippen molar-refractivity contribution in [2.45, 2.75) is 13.3 Å². The molecule has 0 spiro atoms. The van der Waals surface area contributed by atoms with Crippen LogP contribution in [0.3, 0.4) is 0 Å². The molecule has 0 radical (unpaired) electrons. The highest BCUT2D eigenvalue weighted by Gasteiger charge is 2.17. The van der Waals surface area contributed by atoms with E-state index in [9.17, 15) is 5.26 Å². The molecule has 3 rings (SSSR count). The minimum absolute atomic E-state index is 0.748. The number of rotatable bonds is 3. The van der Waals surface area contributed by atoms with Gasteiger partial charge in [-0.3, -0.25) is 0 Å². The summed E-state index contributed by atoms with van der Waals surface area (Å²) in [6, 6.07) is 16.3. The number of aryl methyl sites for hydroxylation is 1. The first-order valence-electron chi connectivity index (χ1n) is 6.96. The van der Waals surface area contributed by atoms with Gasteiger partial charge in [-0.15, -0.1) is 6.58 Å². The summed E-state index contributed by atoms with van der Waals surface area (Å²) in [6.45, 7) is 5.92. The zero-order chi connectivity index (χ0) is 14.8. The van der Waals surface area contributed by atoms with Crippen molar-refractivity contribution in [2.75, 3.05) is 0 Å². The summed E-state index contributed by atoms with van der Waals surface area (Å²) in [5, 5.41) is 10.7. The molecule has 0 aliphatic carbocycles. The highest BCUT2D eigenvalue weighted by atomic mass is 15.0. The van der Waals surface area contributed by atoms with Crippen molar-refractivity contribution < 1.29 is 0 Å². The number of hydrogen-bond acceptors (Lipinski definition) is 1. The lowest BCUT2D eigenvalue weighted by atomic mass is 10.0. The fraction of sp³-hybridized carbons (Fsp3) is 0.105. The van der Waals surface area contributed by atoms with Crippen LogP contribution < -0.4 is 0 Å². The number of aromatic nitrogens is 1. The molecule has 0 bridgehead atoms. The first kappa shape index (κ1) is 13.2. The average molecular weight is 272 g/mol. The molecule has 0 aliphatic heterocycles. The van der Waals surface area contributed by atoms with Gasteiger partial charge in [-0.1, -0.05) is 54.1 Å². The molecular weight excluding hydrogens is 256 g/mol. The van der Waals surface area contributed by atoms with Crippen LogP contribution in [0, 0.1) is 18.4 Å². The largest absolute Gasteiger partial charge is 0.246 e. The van der Waals surface area contributed by atoms with Gasteiger partial charge in [0.2, 0.25) is 0 Å². The normalized spacial score (nSPS) is 10.5. The molecule has 0 amide bonds. The fourth-order valence-electron chi connectivity index (χ4n) is 2.78. The predicted molar refractivity (Wildman–Crippen MR) is 87.0 cm³/mol. The lowest BCUT2D eigenvalue weighted by molar-refractivity contribution is 1.13. The Morgan fingerprint density at radius 1 is 1.14 bits per heavy atom. The van der Waals surface area contributed by atoms with E-state index in [4.69, 9.17) is 0 Å². The molecule has 1 aromatic heterocycles. The number of fused-ring (bicyclic) bond motifs is 1. The Labute approximate surface area is 124 Å². The zero-order valence-corrected chi connectivity index (χ0v) is 12.0. The van der Waals surface area contributed by atoms with E-state index < -0.39 is 0 Å². The van der Waals surface area contributed by atoms with E-state index in [2.05, 4.69) is 50.0 Å². The fourth-order valence-corrected chi connectivity index (χ4v) is 2.78. The molecule has 0 aliphatic rings. The van der Waals surface area contributed by atoms with Gasteiger partial charge in [-0.2, -0.15) is 5.26 Å². The number of benzene rings is 2. The number of nitrogens with zero attached hydrogens (tertiary/aromatic N) is 2. The standard InChI is InChI=1S/C19H16N2/c1-3-6-17-16-7-4-5-8-18(16)21(13-20)19(17)15-11-9-14(2)10-12-15/h3-5,7-12H,1,6H2,2H3. The van der Waals surface area contributed by atoms with Gasteiger partial charge in [0, 0.05) is 5.39 Å². The minimum atomic E-state index is 0.748. The molecule has 0 atom stereocenters. The summed E-state index contributed by atoms with van der Waals surface area (Å²) in [7, 11) is 0. The van der Waals surface area contributed by atoms with Gasteiger partial charge in [-0.25, -0.2) is 4.57 Å². The van der Waals surface area contributed by atoms with Crippen molar-refractivity contribution in [1.29, 1.82) is 5.26 Å². The first-order valence-corrected chi connectivity index (χ1v) is 6.96. The van der Waals surface area contributed by atoms with Crippen molar-refractivity contribution in [3.05, 3.63) is 72.3 Å². The summed E-state index contributed by atoms with van der Waals surface area (Å²) < 4.78 is 1.72. The summed E-state index contributed by atoms with van der Waals surface area (Å²) in [5.74, 6) is 0. The van der Waals surface area contributed by atoms with Crippen LogP contribution in [0.2, 0.25) is 0 Å². The van der Waals surface area contributed by atoms with Crippen molar-refractivity contribution in [2.24, 2.45) is 0 Å². The Hall–Kier alpha value is -2.79. The second-order valence-corrected chi connectivity index (χ2v) is 5.14. The topological polar surface area (TPSA) is 28.7 Å². The third-order valence-electron chi connectivity index (χ3n) is 3.75. The van der Waals surface area contributed by atoms with Crippen LogP contribution in [0.4, 0.5) is 0 Å². The lowest BCUT2D eigenvalue weighted by Gasteiger charge is -2.06. The smallest absolute Gasteiger partial charge is 0.189 e. The molecular formula is C19H16N2. The maximum absolute atomic E-state index is 9.60. The second-order valence-electron chi connectivity index (χ2n) is 5.14. The number of hydrogen-bond donors (Lipinski definition) is 0. The Bertz CT molecular complexity index is 846. The summed E-state index contributed by atoms with van der Waals surface area (Å²) in [4.78, 5) is 0. The van der Waals surface area contributed by atoms with Crippen molar-refractivity contribution in [3.8, 4) is 17.5 Å². The van der Waals surface area contributed by atoms with E-state index in [0.29, 0.717) is 0 Å². The predicted octanol–water partition coefficient (Wildman–Crippen LogP) is 4.67. The molecule has 0 unspecified atom stereocenters. The Balaban J connectivity index is 2.39. The maximum atomic E-state index is 9.60. The Morgan fingerprint density at radius 3 is 2.52 bits per heavy atom. The molecule has 0 N–H and O–H groups in total. The zero-order valence-electron chi connectivity index (χ0n) is 12.0. The van der Waals surface area contributed by atoms with Crippen LogP contribution >= 0.6 is 0 Å². The SMILES string of the molecule is C=CCc1c(-c2ccc(C)cc2)n(C#N)c2ccccc12. The van der Waals surface area contributed by atoms with Crippen LogP contribution in [0.25, 0.3) is 22.2 Å². The average Bonchev–Trinajstić information content (AvgIpc) is 2.83. The molecule has 2 aromatic carbocycles. The second kappa shape index (κ2) is 5.30. The van der Waals surface area contributed by atoms with Crippen LogP contribution in [0.5, 0.6) is 0 Å². The molecule has 102 valence electrons. The van der Waals surface area contributed by atoms with Gasteiger partial charge >= 0.3 is 0 Å². The molecule has 0 saturated heterocycles. The van der Waals surface area contributed by atoms with Gasteiger partial charge < -0.3 is 0 Å². The highest BCUT2D eigenvalue weighted by molar-refractivity contribution is 5.93. The highest BCUT2D eigenvalue weighted by Crippen LogP contribution is 2.34. The van der Waals surface area contributed by atoms with Gasteiger partial charge in [0.25, 0.3) is 0 Å². The molecule has 0 saturated carbocycles. The maximum Gasteiger partial charge on any atom is 0.189 e. The van der Waals surface area contributed by atoms with Crippen molar-refractivity contribution in [1.82, 2.24) is 4.57 Å². The minimum Gasteiger partial charge on any atom is -0.246 e. The summed E-state index contributed by atoms with van der Waals surface area (Å²) in [5.41, 5.74) is 5.36. The Kier molecular flexibility index (Phi) is 3.33. The third kappa shape index (κ3) is 2.13. The molecule has 3 aromatic rings. The number of nitriles is 1. The van der Waals surface area contributed by atoms with Crippen LogP contribution in [-0.4, -0.2) is 4.57 Å². The van der Waals surface area contributed by atoms with Crippen molar-refractivity contribution >= 4 is 10.9 Å². The lowest BCUT2D eigenvalue weighted by Crippen LogP contribution is -1.94. The van der Waals surface area contributed by atoms with Gasteiger partial charge in [-0.05, 0) is 30.5 Å². The molecule has 2 heteroatoms. The van der Waals surface area contributed by atoms with Crippen LogP contribution in [0.1, 0.15) is 11.1 Å². The molecule has 2 nitrogen and oxygen atoms in total. The van der Waals surface area contributed by atoms with Crippen LogP contribution in [-0.2, 0) is 6.42 Å². The van der Waals surface area contributed by atoms with Gasteiger partial charge in [0.1, 0.15) is 0 Å². The molecule has 0 fully saturated rings. The van der Waals surface area contributed by atoms with E-state index in [1.807, 2.05) is 24.3 Å². The quantitative estimate of drug-likeness (QED) is 0.637. The number of allylic oxidation sites excluding steroid dienone is 1. The van der Waals surface area contributed by atoms with E-state index >= 15 is 0 Å². The third-order valence-corrected chi connectivity index (χ3v) is 3.75. The van der Waals surface area contributed by atoms with E-state index in [0.717, 1.165) is 34.1 Å². The van der Waals surface area contributed by atoms with Crippen molar-refractivity contribution in [3.63, 3.8) is 0 Å².